The molecule has 6 nitrogen and oxygen atoms in total. The molecule has 3 aromatic rings. The number of carbonyl (C=O) groups excluding carboxylic acids is 2. The summed E-state index contributed by atoms with van der Waals surface area (Å²) >= 11 is 1.69. The number of para-hydroxylation sites is 1. The number of esters is 1. The van der Waals surface area contributed by atoms with E-state index < -0.39 is 5.97 Å². The fourth-order valence-electron chi connectivity index (χ4n) is 3.26. The van der Waals surface area contributed by atoms with E-state index in [1.54, 1.807) is 28.4 Å². The number of rotatable bonds is 4. The van der Waals surface area contributed by atoms with Gasteiger partial charge in [-0.1, -0.05) is 12.1 Å². The largest absolute Gasteiger partial charge is 0.452 e. The van der Waals surface area contributed by atoms with Crippen LogP contribution in [0.5, 0.6) is 0 Å². The van der Waals surface area contributed by atoms with Gasteiger partial charge in [-0.15, -0.1) is 11.3 Å². The molecule has 0 aliphatic carbocycles. The van der Waals surface area contributed by atoms with Crippen LogP contribution in [0.15, 0.2) is 48.8 Å². The van der Waals surface area contributed by atoms with Crippen LogP contribution in [0, 0.1) is 0 Å². The maximum Gasteiger partial charge on any atom is 0.338 e. The Hall–Kier alpha value is -2.80. The normalized spacial score (nSPS) is 17.0. The molecule has 0 bridgehead atoms. The SMILES string of the molecule is O=C(OCC(=O)N1CCC[C@H](c2nc3ccccc3s2)C1)c1ccncc1. The standard InChI is InChI=1S/C20H19N3O3S/c24-18(13-26-20(25)14-7-9-21-10-8-14)23-11-3-4-15(12-23)19-22-16-5-1-2-6-17(16)27-19/h1-2,5-10,15H,3-4,11-13H2/t15-/m0/s1. The predicted octanol–water partition coefficient (Wildman–Crippen LogP) is 3.25. The van der Waals surface area contributed by atoms with Crippen molar-refractivity contribution in [3.8, 4) is 0 Å². The maximum absolute atomic E-state index is 12.5. The van der Waals surface area contributed by atoms with Gasteiger partial charge >= 0.3 is 5.97 Å². The summed E-state index contributed by atoms with van der Waals surface area (Å²) in [7, 11) is 0. The highest BCUT2D eigenvalue weighted by Crippen LogP contribution is 2.32. The van der Waals surface area contributed by atoms with Crippen LogP contribution in [-0.2, 0) is 9.53 Å². The average molecular weight is 381 g/mol. The second kappa shape index (κ2) is 7.84. The molecule has 0 radical (unpaired) electrons. The van der Waals surface area contributed by atoms with Crippen LogP contribution < -0.4 is 0 Å². The zero-order valence-electron chi connectivity index (χ0n) is 14.7. The highest BCUT2D eigenvalue weighted by Gasteiger charge is 2.27. The Balaban J connectivity index is 1.37. The van der Waals surface area contributed by atoms with Crippen LogP contribution in [0.25, 0.3) is 10.2 Å². The minimum Gasteiger partial charge on any atom is -0.452 e. The van der Waals surface area contributed by atoms with Crippen molar-refractivity contribution in [2.45, 2.75) is 18.8 Å². The molecule has 3 heterocycles. The van der Waals surface area contributed by atoms with E-state index in [4.69, 9.17) is 9.72 Å². The summed E-state index contributed by atoms with van der Waals surface area (Å²) in [6.45, 7) is 1.06. The lowest BCUT2D eigenvalue weighted by Crippen LogP contribution is -2.41. The second-order valence-corrected chi connectivity index (χ2v) is 7.57. The van der Waals surface area contributed by atoms with E-state index in [9.17, 15) is 9.59 Å². The van der Waals surface area contributed by atoms with Crippen LogP contribution in [0.3, 0.4) is 0 Å². The lowest BCUT2D eigenvalue weighted by molar-refractivity contribution is -0.135. The van der Waals surface area contributed by atoms with Gasteiger partial charge in [-0.2, -0.15) is 0 Å². The van der Waals surface area contributed by atoms with E-state index in [-0.39, 0.29) is 18.4 Å². The Morgan fingerprint density at radius 1 is 1.19 bits per heavy atom. The van der Waals surface area contributed by atoms with Gasteiger partial charge in [0.25, 0.3) is 5.91 Å². The molecule has 0 N–H and O–H groups in total. The number of aromatic nitrogens is 2. The van der Waals surface area contributed by atoms with Gasteiger partial charge in [0.2, 0.25) is 0 Å². The minimum absolute atomic E-state index is 0.164. The fourth-order valence-corrected chi connectivity index (χ4v) is 4.35. The summed E-state index contributed by atoms with van der Waals surface area (Å²) in [6, 6.07) is 11.2. The van der Waals surface area contributed by atoms with Crippen LogP contribution in [0.4, 0.5) is 0 Å². The molecule has 27 heavy (non-hydrogen) atoms. The number of likely N-dealkylation sites (tertiary alicyclic amines) is 1. The third-order valence-corrected chi connectivity index (χ3v) is 5.88. The topological polar surface area (TPSA) is 72.4 Å². The average Bonchev–Trinajstić information content (AvgIpc) is 3.17. The lowest BCUT2D eigenvalue weighted by Gasteiger charge is -2.31. The third-order valence-electron chi connectivity index (χ3n) is 4.68. The Kier molecular flexibility index (Phi) is 5.11. The van der Waals surface area contributed by atoms with Crippen molar-refractivity contribution in [1.29, 1.82) is 0 Å². The van der Waals surface area contributed by atoms with E-state index in [1.165, 1.54) is 17.1 Å². The van der Waals surface area contributed by atoms with Crippen LogP contribution in [0.1, 0.15) is 34.1 Å². The molecule has 1 atom stereocenters. The van der Waals surface area contributed by atoms with Crippen LogP contribution >= 0.6 is 11.3 Å². The predicted molar refractivity (Wildman–Crippen MR) is 103 cm³/mol. The smallest absolute Gasteiger partial charge is 0.338 e. The van der Waals surface area contributed by atoms with Gasteiger partial charge in [0.15, 0.2) is 6.61 Å². The Morgan fingerprint density at radius 3 is 2.81 bits per heavy atom. The molecule has 4 rings (SSSR count). The number of benzene rings is 1. The van der Waals surface area contributed by atoms with Crippen LogP contribution in [0.2, 0.25) is 0 Å². The first kappa shape index (κ1) is 17.6. The molecule has 2 aromatic heterocycles. The number of amides is 1. The molecule has 0 spiro atoms. The van der Waals surface area contributed by atoms with Crippen molar-refractivity contribution in [3.63, 3.8) is 0 Å². The summed E-state index contributed by atoms with van der Waals surface area (Å²) in [6.07, 6.45) is 4.97. The number of pyridine rings is 1. The fraction of sp³-hybridized carbons (Fsp3) is 0.300. The molecule has 0 saturated carbocycles. The number of fused-ring (bicyclic) bond motifs is 1. The molecule has 1 saturated heterocycles. The van der Waals surface area contributed by atoms with Gasteiger partial charge in [0.1, 0.15) is 0 Å². The van der Waals surface area contributed by atoms with Gasteiger partial charge in [0, 0.05) is 31.4 Å². The molecule has 1 aromatic carbocycles. The van der Waals surface area contributed by atoms with Crippen molar-refractivity contribution >= 4 is 33.4 Å². The van der Waals surface area contributed by atoms with Crippen molar-refractivity contribution in [1.82, 2.24) is 14.9 Å². The molecule has 0 unspecified atom stereocenters. The van der Waals surface area contributed by atoms with E-state index in [2.05, 4.69) is 11.1 Å². The first-order chi connectivity index (χ1) is 13.2. The Morgan fingerprint density at radius 2 is 2.00 bits per heavy atom. The first-order valence-corrected chi connectivity index (χ1v) is 9.73. The van der Waals surface area contributed by atoms with E-state index in [0.29, 0.717) is 18.7 Å². The molecule has 1 fully saturated rings. The quantitative estimate of drug-likeness (QED) is 0.649. The molecule has 1 aliphatic heterocycles. The number of ether oxygens (including phenoxy) is 1. The van der Waals surface area contributed by atoms with Crippen molar-refractivity contribution in [3.05, 3.63) is 59.4 Å². The van der Waals surface area contributed by atoms with E-state index in [1.807, 2.05) is 18.2 Å². The molecule has 7 heteroatoms. The maximum atomic E-state index is 12.5. The minimum atomic E-state index is -0.509. The number of piperidine rings is 1. The lowest BCUT2D eigenvalue weighted by atomic mass is 9.99. The number of hydrogen-bond donors (Lipinski definition) is 0. The molecular formula is C20H19N3O3S. The number of hydrogen-bond acceptors (Lipinski definition) is 6. The highest BCUT2D eigenvalue weighted by atomic mass is 32.1. The first-order valence-electron chi connectivity index (χ1n) is 8.91. The van der Waals surface area contributed by atoms with Gasteiger partial charge < -0.3 is 9.64 Å². The number of thiazole rings is 1. The molecular weight excluding hydrogens is 362 g/mol. The Bertz CT molecular complexity index is 924. The van der Waals surface area contributed by atoms with Gasteiger partial charge in [-0.05, 0) is 37.1 Å². The number of carbonyl (C=O) groups is 2. The summed E-state index contributed by atoms with van der Waals surface area (Å²) in [4.78, 5) is 34.9. The molecule has 1 amide bonds. The summed E-state index contributed by atoms with van der Waals surface area (Å²) < 4.78 is 6.33. The monoisotopic (exact) mass is 381 g/mol. The summed E-state index contributed by atoms with van der Waals surface area (Å²) in [5, 5.41) is 1.07. The van der Waals surface area contributed by atoms with Gasteiger partial charge in [-0.3, -0.25) is 9.78 Å². The van der Waals surface area contributed by atoms with Gasteiger partial charge in [-0.25, -0.2) is 9.78 Å². The summed E-state index contributed by atoms with van der Waals surface area (Å²) in [5.74, 6) is -0.440. The zero-order chi connectivity index (χ0) is 18.6. The van der Waals surface area contributed by atoms with Crippen molar-refractivity contribution in [2.75, 3.05) is 19.7 Å². The third kappa shape index (κ3) is 3.98. The van der Waals surface area contributed by atoms with Crippen molar-refractivity contribution in [2.24, 2.45) is 0 Å². The number of nitrogens with zero attached hydrogens (tertiary/aromatic N) is 3. The summed E-state index contributed by atoms with van der Waals surface area (Å²) in [5.41, 5.74) is 1.40. The van der Waals surface area contributed by atoms with E-state index >= 15 is 0 Å². The van der Waals surface area contributed by atoms with E-state index in [0.717, 1.165) is 23.4 Å². The Labute approximate surface area is 160 Å². The molecule has 138 valence electrons. The molecule has 1 aliphatic rings. The van der Waals surface area contributed by atoms with Gasteiger partial charge in [0.05, 0.1) is 20.8 Å². The second-order valence-electron chi connectivity index (χ2n) is 6.51. The zero-order valence-corrected chi connectivity index (χ0v) is 15.5. The van der Waals surface area contributed by atoms with Crippen molar-refractivity contribution < 1.29 is 14.3 Å². The van der Waals surface area contributed by atoms with Crippen LogP contribution in [-0.4, -0.2) is 46.4 Å². The highest BCUT2D eigenvalue weighted by molar-refractivity contribution is 7.18.